The molecule has 0 saturated carbocycles. The van der Waals surface area contributed by atoms with Crippen LogP contribution in [0.15, 0.2) is 65.6 Å². The molecule has 0 radical (unpaired) electrons. The van der Waals surface area contributed by atoms with E-state index in [0.29, 0.717) is 5.52 Å². The van der Waals surface area contributed by atoms with Crippen molar-refractivity contribution in [2.24, 2.45) is 0 Å². The van der Waals surface area contributed by atoms with Gasteiger partial charge in [-0.25, -0.2) is 4.68 Å². The Labute approximate surface area is 168 Å². The Morgan fingerprint density at radius 3 is 2.55 bits per heavy atom. The number of aryl methyl sites for hydroxylation is 1. The molecule has 0 aliphatic rings. The maximum atomic E-state index is 13.2. The van der Waals surface area contributed by atoms with Gasteiger partial charge in [0.25, 0.3) is 5.56 Å². The normalized spacial score (nSPS) is 12.3. The number of nitrogens with one attached hydrogen (secondary N) is 1. The molecule has 0 aliphatic carbocycles. The molecule has 1 N–H and O–H groups in total. The maximum absolute atomic E-state index is 13.2. The van der Waals surface area contributed by atoms with Gasteiger partial charge < -0.3 is 9.88 Å². The van der Waals surface area contributed by atoms with Crippen LogP contribution in [0.4, 0.5) is 0 Å². The van der Waals surface area contributed by atoms with Crippen molar-refractivity contribution in [3.63, 3.8) is 0 Å². The fourth-order valence-electron chi connectivity index (χ4n) is 3.81. The number of nitrogens with zero attached hydrogens (tertiary/aromatic N) is 3. The molecule has 0 unspecified atom stereocenters. The minimum absolute atomic E-state index is 0.112. The second-order valence-electron chi connectivity index (χ2n) is 7.24. The van der Waals surface area contributed by atoms with Crippen molar-refractivity contribution in [2.75, 3.05) is 0 Å². The Balaban J connectivity index is 1.67. The molecule has 0 spiro atoms. The van der Waals surface area contributed by atoms with Gasteiger partial charge in [0, 0.05) is 22.8 Å². The number of carbonyl (C=O) groups is 1. The van der Waals surface area contributed by atoms with E-state index in [1.807, 2.05) is 66.1 Å². The van der Waals surface area contributed by atoms with Crippen molar-refractivity contribution in [2.45, 2.75) is 39.4 Å². The van der Waals surface area contributed by atoms with E-state index in [-0.39, 0.29) is 24.1 Å². The molecule has 0 saturated heterocycles. The van der Waals surface area contributed by atoms with Gasteiger partial charge in [0.2, 0.25) is 5.91 Å². The highest BCUT2D eigenvalue weighted by Gasteiger charge is 2.17. The molecular formula is C23H24N4O2. The highest BCUT2D eigenvalue weighted by Crippen LogP contribution is 2.26. The zero-order chi connectivity index (χ0) is 20.4. The zero-order valence-corrected chi connectivity index (χ0v) is 16.6. The van der Waals surface area contributed by atoms with E-state index in [4.69, 9.17) is 0 Å². The fourth-order valence-corrected chi connectivity index (χ4v) is 3.81. The number of rotatable bonds is 6. The third kappa shape index (κ3) is 3.53. The smallest absolute Gasteiger partial charge is 0.291 e. The van der Waals surface area contributed by atoms with Crippen LogP contribution >= 0.6 is 0 Å². The van der Waals surface area contributed by atoms with Crippen LogP contribution in [-0.2, 0) is 17.9 Å². The minimum atomic E-state index is -0.242. The number of fused-ring (bicyclic) bond motifs is 3. The number of carbonyl (C=O) groups excluding carboxylic acids is 1. The molecule has 4 aromatic rings. The molecule has 2 aromatic carbocycles. The lowest BCUT2D eigenvalue weighted by Gasteiger charge is -2.14. The van der Waals surface area contributed by atoms with Crippen LogP contribution in [0.2, 0.25) is 0 Å². The van der Waals surface area contributed by atoms with Gasteiger partial charge in [-0.2, -0.15) is 5.10 Å². The molecule has 0 bridgehead atoms. The van der Waals surface area contributed by atoms with Gasteiger partial charge in [0.05, 0.1) is 12.2 Å². The average Bonchev–Trinajstić information content (AvgIpc) is 3.05. The SMILES string of the molecule is CCCn1c2ccccc2c2cnn(CC(=O)N[C@@H](C)c3ccccc3)c(=O)c21. The monoisotopic (exact) mass is 388 g/mol. The van der Waals surface area contributed by atoms with E-state index in [9.17, 15) is 9.59 Å². The van der Waals surface area contributed by atoms with Crippen LogP contribution in [0.1, 0.15) is 31.9 Å². The van der Waals surface area contributed by atoms with E-state index in [0.717, 1.165) is 34.8 Å². The van der Waals surface area contributed by atoms with E-state index >= 15 is 0 Å². The lowest BCUT2D eigenvalue weighted by molar-refractivity contribution is -0.122. The number of hydrogen-bond donors (Lipinski definition) is 1. The zero-order valence-electron chi connectivity index (χ0n) is 16.6. The Morgan fingerprint density at radius 1 is 1.07 bits per heavy atom. The summed E-state index contributed by atoms with van der Waals surface area (Å²) >= 11 is 0. The van der Waals surface area contributed by atoms with Gasteiger partial charge in [-0.15, -0.1) is 0 Å². The van der Waals surface area contributed by atoms with Crippen LogP contribution in [0.25, 0.3) is 21.8 Å². The molecular weight excluding hydrogens is 364 g/mol. The predicted octanol–water partition coefficient (Wildman–Crippen LogP) is 3.64. The first kappa shape index (κ1) is 18.9. The average molecular weight is 388 g/mol. The number of aromatic nitrogens is 3. The van der Waals surface area contributed by atoms with Crippen molar-refractivity contribution in [3.05, 3.63) is 76.7 Å². The van der Waals surface area contributed by atoms with Crippen LogP contribution in [-0.4, -0.2) is 20.3 Å². The van der Waals surface area contributed by atoms with E-state index in [1.165, 1.54) is 4.68 Å². The van der Waals surface area contributed by atoms with E-state index in [1.54, 1.807) is 6.20 Å². The summed E-state index contributed by atoms with van der Waals surface area (Å²) in [5.74, 6) is -0.242. The van der Waals surface area contributed by atoms with Gasteiger partial charge >= 0.3 is 0 Å². The van der Waals surface area contributed by atoms with Crippen LogP contribution in [0.5, 0.6) is 0 Å². The van der Waals surface area contributed by atoms with Crippen molar-refractivity contribution in [1.82, 2.24) is 19.7 Å². The number of hydrogen-bond acceptors (Lipinski definition) is 3. The molecule has 0 fully saturated rings. The molecule has 1 amide bonds. The third-order valence-corrected chi connectivity index (χ3v) is 5.19. The second kappa shape index (κ2) is 7.91. The molecule has 4 rings (SSSR count). The van der Waals surface area contributed by atoms with Gasteiger partial charge in [-0.1, -0.05) is 55.5 Å². The van der Waals surface area contributed by atoms with Gasteiger partial charge in [-0.3, -0.25) is 9.59 Å². The quantitative estimate of drug-likeness (QED) is 0.548. The topological polar surface area (TPSA) is 68.9 Å². The Bertz CT molecular complexity index is 1220. The maximum Gasteiger partial charge on any atom is 0.291 e. The molecule has 2 heterocycles. The second-order valence-corrected chi connectivity index (χ2v) is 7.24. The highest BCUT2D eigenvalue weighted by atomic mass is 16.2. The van der Waals surface area contributed by atoms with Crippen molar-refractivity contribution < 1.29 is 4.79 Å². The first-order valence-corrected chi connectivity index (χ1v) is 9.91. The first-order valence-electron chi connectivity index (χ1n) is 9.91. The van der Waals surface area contributed by atoms with E-state index in [2.05, 4.69) is 17.3 Å². The first-order chi connectivity index (χ1) is 14.1. The summed E-state index contributed by atoms with van der Waals surface area (Å²) in [6.07, 6.45) is 2.60. The summed E-state index contributed by atoms with van der Waals surface area (Å²) < 4.78 is 3.29. The van der Waals surface area contributed by atoms with Gasteiger partial charge in [0.15, 0.2) is 0 Å². The molecule has 2 aromatic heterocycles. The number of benzene rings is 2. The Morgan fingerprint density at radius 2 is 1.79 bits per heavy atom. The molecule has 29 heavy (non-hydrogen) atoms. The summed E-state index contributed by atoms with van der Waals surface area (Å²) in [5, 5.41) is 9.06. The molecule has 0 aliphatic heterocycles. The van der Waals surface area contributed by atoms with Gasteiger partial charge in [0.1, 0.15) is 12.1 Å². The molecule has 148 valence electrons. The van der Waals surface area contributed by atoms with Crippen LogP contribution in [0, 0.1) is 0 Å². The van der Waals surface area contributed by atoms with Crippen molar-refractivity contribution >= 4 is 27.7 Å². The highest BCUT2D eigenvalue weighted by molar-refractivity contribution is 6.07. The summed E-state index contributed by atoms with van der Waals surface area (Å²) in [7, 11) is 0. The van der Waals surface area contributed by atoms with Gasteiger partial charge in [-0.05, 0) is 25.0 Å². The number of amides is 1. The minimum Gasteiger partial charge on any atom is -0.348 e. The number of para-hydroxylation sites is 1. The Hall–Kier alpha value is -3.41. The summed E-state index contributed by atoms with van der Waals surface area (Å²) in [4.78, 5) is 25.7. The molecule has 6 nitrogen and oxygen atoms in total. The largest absolute Gasteiger partial charge is 0.348 e. The predicted molar refractivity (Wildman–Crippen MR) is 115 cm³/mol. The van der Waals surface area contributed by atoms with Crippen molar-refractivity contribution in [1.29, 1.82) is 0 Å². The van der Waals surface area contributed by atoms with Crippen LogP contribution < -0.4 is 10.9 Å². The summed E-state index contributed by atoms with van der Waals surface area (Å²) in [6, 6.07) is 17.5. The third-order valence-electron chi connectivity index (χ3n) is 5.19. The molecule has 6 heteroatoms. The summed E-state index contributed by atoms with van der Waals surface area (Å²) in [5.41, 5.74) is 2.39. The van der Waals surface area contributed by atoms with Crippen LogP contribution in [0.3, 0.4) is 0 Å². The Kier molecular flexibility index (Phi) is 5.16. The lowest BCUT2D eigenvalue weighted by Crippen LogP contribution is -2.35. The van der Waals surface area contributed by atoms with Crippen molar-refractivity contribution in [3.8, 4) is 0 Å². The summed E-state index contributed by atoms with van der Waals surface area (Å²) in [6.45, 7) is 4.63. The fraction of sp³-hybridized carbons (Fsp3) is 0.261. The standard InChI is InChI=1S/C23H24N4O2/c1-3-13-26-20-12-8-7-11-18(20)19-14-24-27(23(29)22(19)26)15-21(28)25-16(2)17-9-5-4-6-10-17/h4-12,14,16H,3,13,15H2,1-2H3,(H,25,28)/t16-/m0/s1. The lowest BCUT2D eigenvalue weighted by atomic mass is 10.1. The van der Waals surface area contributed by atoms with E-state index < -0.39 is 0 Å². The molecule has 1 atom stereocenters.